The normalized spacial score (nSPS) is 15.1. The van der Waals surface area contributed by atoms with E-state index in [1.54, 1.807) is 0 Å². The number of rotatable bonds is 8. The van der Waals surface area contributed by atoms with Gasteiger partial charge in [0.05, 0.1) is 19.4 Å². The first-order chi connectivity index (χ1) is 11.1. The van der Waals surface area contributed by atoms with Crippen molar-refractivity contribution in [2.45, 2.75) is 25.7 Å². The number of amides is 1. The van der Waals surface area contributed by atoms with E-state index in [0.717, 1.165) is 37.2 Å². The lowest BCUT2D eigenvalue weighted by Gasteiger charge is -2.22. The van der Waals surface area contributed by atoms with Crippen molar-refractivity contribution in [1.29, 1.82) is 0 Å². The van der Waals surface area contributed by atoms with Crippen LogP contribution in [0.2, 0.25) is 0 Å². The molecule has 1 aliphatic heterocycles. The lowest BCUT2D eigenvalue weighted by Crippen LogP contribution is -2.30. The number of benzene rings is 1. The summed E-state index contributed by atoms with van der Waals surface area (Å²) < 4.78 is 5.84. The molecule has 0 radical (unpaired) electrons. The smallest absolute Gasteiger partial charge is 0.305 e. The summed E-state index contributed by atoms with van der Waals surface area (Å²) in [5.74, 6) is 0.263. The first-order valence-electron chi connectivity index (χ1n) is 8.04. The van der Waals surface area contributed by atoms with Gasteiger partial charge in [0.15, 0.2) is 0 Å². The maximum atomic E-state index is 11.8. The Labute approximate surface area is 136 Å². The third-order valence-corrected chi connectivity index (χ3v) is 3.87. The van der Waals surface area contributed by atoms with Crippen LogP contribution in [0.25, 0.3) is 0 Å². The van der Waals surface area contributed by atoms with Crippen LogP contribution in [-0.4, -0.2) is 43.2 Å². The molecule has 1 aromatic carbocycles. The molecule has 1 saturated heterocycles. The van der Waals surface area contributed by atoms with Crippen LogP contribution in [0.1, 0.15) is 24.8 Å². The van der Waals surface area contributed by atoms with Crippen molar-refractivity contribution in [3.8, 4) is 5.75 Å². The van der Waals surface area contributed by atoms with E-state index in [1.807, 2.05) is 24.3 Å². The fourth-order valence-corrected chi connectivity index (χ4v) is 2.56. The van der Waals surface area contributed by atoms with Crippen molar-refractivity contribution in [2.75, 3.05) is 26.2 Å². The highest BCUT2D eigenvalue weighted by atomic mass is 16.5. The summed E-state index contributed by atoms with van der Waals surface area (Å²) in [5.41, 5.74) is 0.862. The third-order valence-electron chi connectivity index (χ3n) is 3.87. The number of carboxylic acid groups (broad SMARTS) is 1. The van der Waals surface area contributed by atoms with Crippen molar-refractivity contribution in [3.05, 3.63) is 29.8 Å². The van der Waals surface area contributed by atoms with Gasteiger partial charge < -0.3 is 20.5 Å². The standard InChI is InChI=1S/C17H24N2O4/c20-16(19-9-6-17(21)22)11-14-2-1-3-15(10-14)23-12-13-4-7-18-8-5-13/h1-3,10,13,18H,4-9,11-12H2,(H,19,20)(H,21,22). The van der Waals surface area contributed by atoms with Gasteiger partial charge >= 0.3 is 5.97 Å². The monoisotopic (exact) mass is 320 g/mol. The zero-order chi connectivity index (χ0) is 16.5. The minimum absolute atomic E-state index is 0.0643. The number of ether oxygens (including phenoxy) is 1. The number of carboxylic acids is 1. The fourth-order valence-electron chi connectivity index (χ4n) is 2.56. The molecule has 1 amide bonds. The first-order valence-corrected chi connectivity index (χ1v) is 8.04. The second-order valence-electron chi connectivity index (χ2n) is 5.82. The van der Waals surface area contributed by atoms with Crippen molar-refractivity contribution in [1.82, 2.24) is 10.6 Å². The molecule has 0 aliphatic carbocycles. The molecule has 1 aromatic rings. The third kappa shape index (κ3) is 6.69. The minimum Gasteiger partial charge on any atom is -0.493 e. The second kappa shape index (κ2) is 9.15. The molecule has 2 rings (SSSR count). The predicted molar refractivity (Wildman–Crippen MR) is 86.5 cm³/mol. The Balaban J connectivity index is 1.77. The largest absolute Gasteiger partial charge is 0.493 e. The average molecular weight is 320 g/mol. The van der Waals surface area contributed by atoms with Crippen LogP contribution < -0.4 is 15.4 Å². The van der Waals surface area contributed by atoms with Crippen molar-refractivity contribution >= 4 is 11.9 Å². The van der Waals surface area contributed by atoms with E-state index in [0.29, 0.717) is 12.5 Å². The average Bonchev–Trinajstić information content (AvgIpc) is 2.54. The summed E-state index contributed by atoms with van der Waals surface area (Å²) in [6.45, 7) is 2.95. The van der Waals surface area contributed by atoms with Gasteiger partial charge in [0.25, 0.3) is 0 Å². The van der Waals surface area contributed by atoms with Gasteiger partial charge in [-0.2, -0.15) is 0 Å². The highest BCUT2D eigenvalue weighted by Gasteiger charge is 2.13. The number of aliphatic carboxylic acids is 1. The van der Waals surface area contributed by atoms with Crippen molar-refractivity contribution in [2.24, 2.45) is 5.92 Å². The SMILES string of the molecule is O=C(O)CCNC(=O)Cc1cccc(OCC2CCNCC2)c1. The lowest BCUT2D eigenvalue weighted by atomic mass is 9.99. The molecule has 0 bridgehead atoms. The zero-order valence-electron chi connectivity index (χ0n) is 13.2. The van der Waals surface area contributed by atoms with Crippen LogP contribution in [0.5, 0.6) is 5.75 Å². The first kappa shape index (κ1) is 17.3. The van der Waals surface area contributed by atoms with E-state index in [4.69, 9.17) is 9.84 Å². The summed E-state index contributed by atoms with van der Waals surface area (Å²) in [4.78, 5) is 22.2. The van der Waals surface area contributed by atoms with Crippen molar-refractivity contribution in [3.63, 3.8) is 0 Å². The lowest BCUT2D eigenvalue weighted by molar-refractivity contribution is -0.136. The summed E-state index contributed by atoms with van der Waals surface area (Å²) in [7, 11) is 0. The number of piperidine rings is 1. The van der Waals surface area contributed by atoms with Gasteiger partial charge in [0.2, 0.25) is 5.91 Å². The topological polar surface area (TPSA) is 87.7 Å². The van der Waals surface area contributed by atoms with Gasteiger partial charge in [-0.25, -0.2) is 0 Å². The summed E-state index contributed by atoms with van der Waals surface area (Å²) in [6.07, 6.45) is 2.42. The van der Waals surface area contributed by atoms with Gasteiger partial charge in [0, 0.05) is 6.54 Å². The van der Waals surface area contributed by atoms with Gasteiger partial charge in [-0.3, -0.25) is 9.59 Å². The molecule has 126 valence electrons. The summed E-state index contributed by atoms with van der Waals surface area (Å²) in [6, 6.07) is 7.51. The number of hydrogen-bond acceptors (Lipinski definition) is 4. The zero-order valence-corrected chi connectivity index (χ0v) is 13.2. The van der Waals surface area contributed by atoms with Crippen molar-refractivity contribution < 1.29 is 19.4 Å². The molecule has 0 spiro atoms. The van der Waals surface area contributed by atoms with Crippen LogP contribution in [0.4, 0.5) is 0 Å². The molecule has 6 heteroatoms. The van der Waals surface area contributed by atoms with Crippen LogP contribution in [-0.2, 0) is 16.0 Å². The highest BCUT2D eigenvalue weighted by Crippen LogP contribution is 2.17. The number of nitrogens with one attached hydrogen (secondary N) is 2. The maximum Gasteiger partial charge on any atom is 0.305 e. The number of carbonyl (C=O) groups excluding carboxylic acids is 1. The maximum absolute atomic E-state index is 11.8. The molecule has 23 heavy (non-hydrogen) atoms. The van der Waals surface area contributed by atoms with Gasteiger partial charge in [-0.15, -0.1) is 0 Å². The Kier molecular flexibility index (Phi) is 6.87. The fraction of sp³-hybridized carbons (Fsp3) is 0.529. The van der Waals surface area contributed by atoms with Crippen LogP contribution in [0.3, 0.4) is 0 Å². The quantitative estimate of drug-likeness (QED) is 0.670. The van der Waals surface area contributed by atoms with E-state index in [-0.39, 0.29) is 25.3 Å². The highest BCUT2D eigenvalue weighted by molar-refractivity contribution is 5.79. The van der Waals surface area contributed by atoms with E-state index in [2.05, 4.69) is 10.6 Å². The molecule has 1 heterocycles. The summed E-state index contributed by atoms with van der Waals surface area (Å²) in [5, 5.41) is 14.5. The molecule has 0 saturated carbocycles. The Morgan fingerprint density at radius 1 is 1.30 bits per heavy atom. The van der Waals surface area contributed by atoms with Gasteiger partial charge in [-0.1, -0.05) is 12.1 Å². The van der Waals surface area contributed by atoms with Gasteiger partial charge in [-0.05, 0) is 49.5 Å². The molecule has 0 aromatic heterocycles. The number of carbonyl (C=O) groups is 2. The molecule has 6 nitrogen and oxygen atoms in total. The molecule has 0 atom stereocenters. The predicted octanol–water partition coefficient (Wildman–Crippen LogP) is 1.20. The Bertz CT molecular complexity index is 527. The van der Waals surface area contributed by atoms with Crippen LogP contribution in [0, 0.1) is 5.92 Å². The van der Waals surface area contributed by atoms with E-state index < -0.39 is 5.97 Å². The second-order valence-corrected chi connectivity index (χ2v) is 5.82. The summed E-state index contributed by atoms with van der Waals surface area (Å²) >= 11 is 0. The molecule has 1 aliphatic rings. The Morgan fingerprint density at radius 3 is 2.83 bits per heavy atom. The molecule has 1 fully saturated rings. The van der Waals surface area contributed by atoms with Crippen LogP contribution in [0.15, 0.2) is 24.3 Å². The van der Waals surface area contributed by atoms with E-state index in [1.165, 1.54) is 0 Å². The molecular formula is C17H24N2O4. The number of hydrogen-bond donors (Lipinski definition) is 3. The van der Waals surface area contributed by atoms with E-state index in [9.17, 15) is 9.59 Å². The minimum atomic E-state index is -0.918. The Hall–Kier alpha value is -2.08. The molecular weight excluding hydrogens is 296 g/mol. The van der Waals surface area contributed by atoms with E-state index >= 15 is 0 Å². The van der Waals surface area contributed by atoms with Crippen LogP contribution >= 0.6 is 0 Å². The molecule has 0 unspecified atom stereocenters. The Morgan fingerprint density at radius 2 is 2.09 bits per heavy atom. The molecule has 3 N–H and O–H groups in total. The van der Waals surface area contributed by atoms with Gasteiger partial charge in [0.1, 0.15) is 5.75 Å².